The monoisotopic (exact) mass is 321 g/mol. The minimum atomic E-state index is -0.254. The van der Waals surface area contributed by atoms with Crippen molar-refractivity contribution in [3.8, 4) is 5.75 Å². The number of hydrogen-bond acceptors (Lipinski definition) is 2. The highest BCUT2D eigenvalue weighted by Crippen LogP contribution is 2.37. The first kappa shape index (κ1) is 14.7. The van der Waals surface area contributed by atoms with Gasteiger partial charge >= 0.3 is 0 Å². The standard InChI is InChI=1S/C17H17Cl2NO/c1-17(2)9-12-5-10(3-4-15(12)21-17)16(20)11-6-13(18)8-14(19)7-11/h3-8,16H,9,20H2,1-2H3. The Balaban J connectivity index is 1.95. The van der Waals surface area contributed by atoms with Gasteiger partial charge in [0.2, 0.25) is 0 Å². The summed E-state index contributed by atoms with van der Waals surface area (Å²) in [4.78, 5) is 0. The van der Waals surface area contributed by atoms with Crippen molar-refractivity contribution in [3.63, 3.8) is 0 Å². The Morgan fingerprint density at radius 3 is 2.38 bits per heavy atom. The third kappa shape index (κ3) is 3.03. The summed E-state index contributed by atoms with van der Waals surface area (Å²) in [6.45, 7) is 4.17. The summed E-state index contributed by atoms with van der Waals surface area (Å²) in [5.74, 6) is 0.945. The van der Waals surface area contributed by atoms with Gasteiger partial charge in [-0.3, -0.25) is 0 Å². The molecule has 1 heterocycles. The fourth-order valence-corrected chi connectivity index (χ4v) is 3.31. The number of ether oxygens (including phenoxy) is 1. The summed E-state index contributed by atoms with van der Waals surface area (Å²) < 4.78 is 5.89. The number of halogens is 2. The first-order valence-electron chi connectivity index (χ1n) is 6.87. The van der Waals surface area contributed by atoms with Crippen molar-refractivity contribution < 1.29 is 4.74 Å². The molecule has 0 spiro atoms. The lowest BCUT2D eigenvalue weighted by atomic mass is 9.95. The van der Waals surface area contributed by atoms with E-state index in [1.165, 1.54) is 5.56 Å². The zero-order valence-electron chi connectivity index (χ0n) is 12.0. The van der Waals surface area contributed by atoms with Crippen LogP contribution in [-0.4, -0.2) is 5.60 Å². The third-order valence-electron chi connectivity index (χ3n) is 3.69. The first-order chi connectivity index (χ1) is 9.84. The number of nitrogens with two attached hydrogens (primary N) is 1. The molecule has 0 saturated heterocycles. The Morgan fingerprint density at radius 2 is 1.71 bits per heavy atom. The molecule has 21 heavy (non-hydrogen) atoms. The summed E-state index contributed by atoms with van der Waals surface area (Å²) in [6.07, 6.45) is 0.888. The van der Waals surface area contributed by atoms with Gasteiger partial charge in [0.05, 0.1) is 6.04 Å². The summed E-state index contributed by atoms with van der Waals surface area (Å²) in [7, 11) is 0. The van der Waals surface area contributed by atoms with Gasteiger partial charge in [-0.05, 0) is 54.8 Å². The smallest absolute Gasteiger partial charge is 0.123 e. The van der Waals surface area contributed by atoms with Crippen molar-refractivity contribution in [3.05, 3.63) is 63.1 Å². The van der Waals surface area contributed by atoms with E-state index in [0.717, 1.165) is 23.3 Å². The number of hydrogen-bond donors (Lipinski definition) is 1. The van der Waals surface area contributed by atoms with Crippen molar-refractivity contribution in [1.82, 2.24) is 0 Å². The molecule has 0 fully saturated rings. The predicted molar refractivity (Wildman–Crippen MR) is 87.3 cm³/mol. The molecule has 2 N–H and O–H groups in total. The quantitative estimate of drug-likeness (QED) is 0.865. The fraction of sp³-hybridized carbons (Fsp3) is 0.294. The maximum Gasteiger partial charge on any atom is 0.123 e. The lowest BCUT2D eigenvalue weighted by Gasteiger charge is -2.16. The summed E-state index contributed by atoms with van der Waals surface area (Å²) in [5.41, 5.74) is 9.35. The van der Waals surface area contributed by atoms with Crippen LogP contribution in [0.5, 0.6) is 5.75 Å². The Bertz CT molecular complexity index is 677. The van der Waals surface area contributed by atoms with Crippen LogP contribution < -0.4 is 10.5 Å². The van der Waals surface area contributed by atoms with Crippen LogP contribution in [0, 0.1) is 0 Å². The van der Waals surface area contributed by atoms with Crippen molar-refractivity contribution in [2.24, 2.45) is 5.73 Å². The van der Waals surface area contributed by atoms with Gasteiger partial charge in [-0.25, -0.2) is 0 Å². The molecule has 0 aromatic heterocycles. The number of rotatable bonds is 2. The van der Waals surface area contributed by atoms with E-state index in [4.69, 9.17) is 33.7 Å². The molecule has 1 aliphatic rings. The van der Waals surface area contributed by atoms with Gasteiger partial charge in [-0.1, -0.05) is 35.3 Å². The van der Waals surface area contributed by atoms with Crippen LogP contribution in [0.3, 0.4) is 0 Å². The second kappa shape index (κ2) is 5.20. The minimum absolute atomic E-state index is 0.148. The summed E-state index contributed by atoms with van der Waals surface area (Å²) in [6, 6.07) is 11.3. The van der Waals surface area contributed by atoms with Crippen LogP contribution in [-0.2, 0) is 6.42 Å². The van der Waals surface area contributed by atoms with Crippen LogP contribution in [0.4, 0.5) is 0 Å². The largest absolute Gasteiger partial charge is 0.487 e. The Hall–Kier alpha value is -1.22. The Labute approximate surface area is 134 Å². The molecular formula is C17H17Cl2NO. The Morgan fingerprint density at radius 1 is 1.05 bits per heavy atom. The highest BCUT2D eigenvalue weighted by atomic mass is 35.5. The zero-order valence-corrected chi connectivity index (χ0v) is 13.5. The molecule has 0 amide bonds. The van der Waals surface area contributed by atoms with Crippen LogP contribution >= 0.6 is 23.2 Å². The van der Waals surface area contributed by atoms with Crippen LogP contribution in [0.25, 0.3) is 0 Å². The molecule has 2 aromatic rings. The molecule has 1 aliphatic heterocycles. The normalized spacial score (nSPS) is 17.2. The van der Waals surface area contributed by atoms with Gasteiger partial charge in [-0.15, -0.1) is 0 Å². The minimum Gasteiger partial charge on any atom is -0.487 e. The molecular weight excluding hydrogens is 305 g/mol. The summed E-state index contributed by atoms with van der Waals surface area (Å²) >= 11 is 12.1. The molecule has 0 bridgehead atoms. The average Bonchev–Trinajstić information content (AvgIpc) is 2.69. The molecule has 2 nitrogen and oxygen atoms in total. The van der Waals surface area contributed by atoms with Crippen molar-refractivity contribution in [2.45, 2.75) is 31.9 Å². The van der Waals surface area contributed by atoms with E-state index in [-0.39, 0.29) is 11.6 Å². The van der Waals surface area contributed by atoms with Gasteiger partial charge in [0.15, 0.2) is 0 Å². The first-order valence-corrected chi connectivity index (χ1v) is 7.63. The van der Waals surface area contributed by atoms with E-state index in [1.54, 1.807) is 6.07 Å². The number of benzene rings is 2. The highest BCUT2D eigenvalue weighted by Gasteiger charge is 2.30. The SMILES string of the molecule is CC1(C)Cc2cc(C(N)c3cc(Cl)cc(Cl)c3)ccc2O1. The van der Waals surface area contributed by atoms with Crippen molar-refractivity contribution in [1.29, 1.82) is 0 Å². The second-order valence-corrected chi connectivity index (χ2v) is 6.96. The van der Waals surface area contributed by atoms with Crippen LogP contribution in [0.15, 0.2) is 36.4 Å². The molecule has 110 valence electrons. The molecule has 0 aliphatic carbocycles. The van der Waals surface area contributed by atoms with E-state index in [2.05, 4.69) is 19.9 Å². The molecule has 1 atom stereocenters. The third-order valence-corrected chi connectivity index (χ3v) is 4.13. The maximum atomic E-state index is 6.36. The molecule has 0 saturated carbocycles. The van der Waals surface area contributed by atoms with E-state index < -0.39 is 0 Å². The Kier molecular flexibility index (Phi) is 3.64. The van der Waals surface area contributed by atoms with Crippen LogP contribution in [0.1, 0.15) is 36.6 Å². The highest BCUT2D eigenvalue weighted by molar-refractivity contribution is 6.34. The van der Waals surface area contributed by atoms with E-state index in [1.807, 2.05) is 24.3 Å². The zero-order chi connectivity index (χ0) is 15.2. The predicted octanol–water partition coefficient (Wildman–Crippen LogP) is 4.76. The van der Waals surface area contributed by atoms with Crippen molar-refractivity contribution in [2.75, 3.05) is 0 Å². The maximum absolute atomic E-state index is 6.36. The molecule has 0 radical (unpaired) electrons. The molecule has 4 heteroatoms. The van der Waals surface area contributed by atoms with Gasteiger partial charge < -0.3 is 10.5 Å². The van der Waals surface area contributed by atoms with Crippen LogP contribution in [0.2, 0.25) is 10.0 Å². The van der Waals surface area contributed by atoms with Gasteiger partial charge in [0.1, 0.15) is 11.4 Å². The van der Waals surface area contributed by atoms with E-state index in [9.17, 15) is 0 Å². The average molecular weight is 322 g/mol. The fourth-order valence-electron chi connectivity index (χ4n) is 2.77. The van der Waals surface area contributed by atoms with Crippen molar-refractivity contribution >= 4 is 23.2 Å². The van der Waals surface area contributed by atoms with Gasteiger partial charge in [0.25, 0.3) is 0 Å². The second-order valence-electron chi connectivity index (χ2n) is 6.09. The lowest BCUT2D eigenvalue weighted by Crippen LogP contribution is -2.24. The molecule has 2 aromatic carbocycles. The topological polar surface area (TPSA) is 35.2 Å². The van der Waals surface area contributed by atoms with Gasteiger partial charge in [0, 0.05) is 16.5 Å². The van der Waals surface area contributed by atoms with Gasteiger partial charge in [-0.2, -0.15) is 0 Å². The molecule has 1 unspecified atom stereocenters. The molecule has 3 rings (SSSR count). The number of fused-ring (bicyclic) bond motifs is 1. The van der Waals surface area contributed by atoms with E-state index in [0.29, 0.717) is 10.0 Å². The lowest BCUT2D eigenvalue weighted by molar-refractivity contribution is 0.138. The van der Waals surface area contributed by atoms with E-state index >= 15 is 0 Å². The summed E-state index contributed by atoms with van der Waals surface area (Å²) in [5, 5.41) is 1.19.